The monoisotopic (exact) mass is 300 g/mol. The Bertz CT molecular complexity index is 680. The Kier molecular flexibility index (Phi) is 2.96. The van der Waals surface area contributed by atoms with Gasteiger partial charge in [0.1, 0.15) is 11.1 Å². The van der Waals surface area contributed by atoms with Gasteiger partial charge in [-0.05, 0) is 30.4 Å². The van der Waals surface area contributed by atoms with Crippen molar-refractivity contribution in [1.82, 2.24) is 0 Å². The zero-order valence-electron chi connectivity index (χ0n) is 13.0. The number of hydrogen-bond acceptors (Lipinski definition) is 4. The average Bonchev–Trinajstić information content (AvgIpc) is 2.75. The lowest BCUT2D eigenvalue weighted by Gasteiger charge is -2.36. The number of carboxylic acids is 1. The van der Waals surface area contributed by atoms with E-state index in [9.17, 15) is 14.7 Å². The maximum Gasteiger partial charge on any atom is 0.318 e. The topological polar surface area (TPSA) is 78.8 Å². The molecule has 0 amide bonds. The Morgan fingerprint density at radius 1 is 1.18 bits per heavy atom. The first-order valence-corrected chi connectivity index (χ1v) is 7.45. The van der Waals surface area contributed by atoms with Crippen molar-refractivity contribution in [1.29, 1.82) is 0 Å². The second-order valence-corrected chi connectivity index (χ2v) is 6.93. The minimum Gasteiger partial charge on any atom is -0.480 e. The molecule has 0 saturated heterocycles. The highest BCUT2D eigenvalue weighted by Gasteiger charge is 2.77. The fourth-order valence-electron chi connectivity index (χ4n) is 4.08. The number of carbonyl (C=O) groups excluding carboxylic acids is 1. The average molecular weight is 300 g/mol. The van der Waals surface area contributed by atoms with Crippen molar-refractivity contribution in [2.75, 3.05) is 5.43 Å². The number of hydrogen-bond donors (Lipinski definition) is 2. The van der Waals surface area contributed by atoms with Gasteiger partial charge >= 0.3 is 5.97 Å². The molecular weight excluding hydrogens is 280 g/mol. The van der Waals surface area contributed by atoms with Crippen molar-refractivity contribution in [2.24, 2.45) is 21.3 Å². The van der Waals surface area contributed by atoms with E-state index in [1.807, 2.05) is 51.1 Å². The molecule has 2 atom stereocenters. The summed E-state index contributed by atoms with van der Waals surface area (Å²) in [7, 11) is 0. The van der Waals surface area contributed by atoms with Gasteiger partial charge in [0.15, 0.2) is 5.78 Å². The van der Waals surface area contributed by atoms with Crippen LogP contribution in [-0.2, 0) is 9.59 Å². The molecule has 116 valence electrons. The Morgan fingerprint density at radius 2 is 1.82 bits per heavy atom. The highest BCUT2D eigenvalue weighted by molar-refractivity contribution is 6.50. The van der Waals surface area contributed by atoms with Gasteiger partial charge in [0, 0.05) is 5.41 Å². The van der Waals surface area contributed by atoms with Crippen molar-refractivity contribution in [3.63, 3.8) is 0 Å². The molecule has 2 aliphatic rings. The lowest BCUT2D eigenvalue weighted by molar-refractivity contribution is -0.158. The van der Waals surface area contributed by atoms with Gasteiger partial charge in [-0.15, -0.1) is 0 Å². The number of nitrogens with one attached hydrogen (secondary N) is 1. The summed E-state index contributed by atoms with van der Waals surface area (Å²) in [5.41, 5.74) is 1.50. The zero-order chi connectivity index (χ0) is 16.2. The molecular formula is C17H20N2O3. The van der Waals surface area contributed by atoms with Crippen LogP contribution in [0.1, 0.15) is 33.6 Å². The fourth-order valence-corrected chi connectivity index (χ4v) is 4.08. The van der Waals surface area contributed by atoms with E-state index in [1.165, 1.54) is 0 Å². The molecule has 0 radical (unpaired) electrons. The zero-order valence-corrected chi connectivity index (χ0v) is 13.0. The minimum absolute atomic E-state index is 0.345. The third-order valence-electron chi connectivity index (χ3n) is 6.01. The summed E-state index contributed by atoms with van der Waals surface area (Å²) >= 11 is 0. The van der Waals surface area contributed by atoms with Gasteiger partial charge in [0.25, 0.3) is 0 Å². The van der Waals surface area contributed by atoms with Gasteiger partial charge < -0.3 is 5.11 Å². The predicted octanol–water partition coefficient (Wildman–Crippen LogP) is 2.93. The first kappa shape index (κ1) is 14.8. The molecule has 0 aliphatic heterocycles. The highest BCUT2D eigenvalue weighted by Crippen LogP contribution is 2.69. The van der Waals surface area contributed by atoms with Crippen molar-refractivity contribution in [2.45, 2.75) is 33.6 Å². The summed E-state index contributed by atoms with van der Waals surface area (Å²) in [4.78, 5) is 24.7. The van der Waals surface area contributed by atoms with Crippen LogP contribution in [-0.4, -0.2) is 22.6 Å². The third kappa shape index (κ3) is 1.51. The van der Waals surface area contributed by atoms with Crippen molar-refractivity contribution in [3.8, 4) is 0 Å². The van der Waals surface area contributed by atoms with Crippen molar-refractivity contribution in [3.05, 3.63) is 30.3 Å². The van der Waals surface area contributed by atoms with E-state index in [-0.39, 0.29) is 5.78 Å². The van der Waals surface area contributed by atoms with Gasteiger partial charge in [-0.2, -0.15) is 5.10 Å². The quantitative estimate of drug-likeness (QED) is 0.664. The second kappa shape index (κ2) is 4.41. The standard InChI is InChI=1S/C17H20N2O3/c1-15(2)16(3)9-10-17(15,14(21)22)13(20)12(16)19-18-11-7-5-4-6-8-11/h4-8,18H,9-10H2,1-3H3,(H,21,22)/b19-12+. The SMILES string of the molecule is CC12CCC(C(=O)O)(C(=O)/C1=N\Nc1ccccc1)C2(C)C. The highest BCUT2D eigenvalue weighted by atomic mass is 16.4. The van der Waals surface area contributed by atoms with Crippen LogP contribution >= 0.6 is 0 Å². The van der Waals surface area contributed by atoms with E-state index < -0.39 is 22.2 Å². The molecule has 2 unspecified atom stereocenters. The Hall–Kier alpha value is -2.17. The number of para-hydroxylation sites is 1. The first-order chi connectivity index (χ1) is 10.3. The number of nitrogens with zero attached hydrogens (tertiary/aromatic N) is 1. The van der Waals surface area contributed by atoms with E-state index >= 15 is 0 Å². The van der Waals surface area contributed by atoms with Gasteiger partial charge in [0.2, 0.25) is 0 Å². The number of fused-ring (bicyclic) bond motifs is 2. The van der Waals surface area contributed by atoms with Crippen LogP contribution in [0.5, 0.6) is 0 Å². The number of aliphatic carboxylic acids is 1. The van der Waals surface area contributed by atoms with Crippen LogP contribution in [0.2, 0.25) is 0 Å². The molecule has 5 nitrogen and oxygen atoms in total. The molecule has 2 N–H and O–H groups in total. The predicted molar refractivity (Wildman–Crippen MR) is 83.7 cm³/mol. The summed E-state index contributed by atoms with van der Waals surface area (Å²) < 4.78 is 0. The number of benzene rings is 1. The molecule has 2 fully saturated rings. The normalized spacial score (nSPS) is 34.1. The number of ketones is 1. The molecule has 22 heavy (non-hydrogen) atoms. The van der Waals surface area contributed by atoms with E-state index in [0.29, 0.717) is 18.6 Å². The lowest BCUT2D eigenvalue weighted by Crippen LogP contribution is -2.44. The summed E-state index contributed by atoms with van der Waals surface area (Å²) in [6.45, 7) is 5.70. The summed E-state index contributed by atoms with van der Waals surface area (Å²) in [6, 6.07) is 9.33. The van der Waals surface area contributed by atoms with Gasteiger partial charge in [0.05, 0.1) is 5.69 Å². The molecule has 2 saturated carbocycles. The Morgan fingerprint density at radius 3 is 2.36 bits per heavy atom. The van der Waals surface area contributed by atoms with Crippen LogP contribution in [0, 0.1) is 16.2 Å². The molecule has 0 heterocycles. The summed E-state index contributed by atoms with van der Waals surface area (Å²) in [5.74, 6) is -1.38. The first-order valence-electron chi connectivity index (χ1n) is 7.45. The van der Waals surface area contributed by atoms with Crippen molar-refractivity contribution < 1.29 is 14.7 Å². The largest absolute Gasteiger partial charge is 0.480 e. The molecule has 1 aromatic rings. The maximum atomic E-state index is 12.8. The van der Waals surface area contributed by atoms with Gasteiger partial charge in [-0.25, -0.2) is 0 Å². The van der Waals surface area contributed by atoms with Crippen LogP contribution in [0.25, 0.3) is 0 Å². The van der Waals surface area contributed by atoms with E-state index in [0.717, 1.165) is 5.69 Å². The number of anilines is 1. The van der Waals surface area contributed by atoms with E-state index in [2.05, 4.69) is 10.5 Å². The van der Waals surface area contributed by atoms with Gasteiger partial charge in [-0.1, -0.05) is 39.0 Å². The smallest absolute Gasteiger partial charge is 0.318 e. The van der Waals surface area contributed by atoms with Crippen LogP contribution in [0.3, 0.4) is 0 Å². The summed E-state index contributed by atoms with van der Waals surface area (Å²) in [6.07, 6.45) is 1.04. The number of carbonyl (C=O) groups is 2. The molecule has 3 rings (SSSR count). The van der Waals surface area contributed by atoms with Crippen LogP contribution in [0.4, 0.5) is 5.69 Å². The van der Waals surface area contributed by atoms with E-state index in [4.69, 9.17) is 0 Å². The molecule has 2 aliphatic carbocycles. The number of carboxylic acid groups (broad SMARTS) is 1. The molecule has 5 heteroatoms. The lowest BCUT2D eigenvalue weighted by atomic mass is 9.65. The molecule has 1 aromatic carbocycles. The summed E-state index contributed by atoms with van der Waals surface area (Å²) in [5, 5.41) is 14.0. The minimum atomic E-state index is -1.35. The molecule has 2 bridgehead atoms. The van der Waals surface area contributed by atoms with Gasteiger partial charge in [-0.3, -0.25) is 15.0 Å². The van der Waals surface area contributed by atoms with Crippen LogP contribution in [0.15, 0.2) is 35.4 Å². The Balaban J connectivity index is 2.04. The maximum absolute atomic E-state index is 12.8. The fraction of sp³-hybridized carbons (Fsp3) is 0.471. The Labute approximate surface area is 129 Å². The molecule has 0 aromatic heterocycles. The number of Topliss-reactive ketones (excluding diaryl/α,β-unsaturated/α-hetero) is 1. The molecule has 0 spiro atoms. The van der Waals surface area contributed by atoms with Crippen molar-refractivity contribution >= 4 is 23.2 Å². The van der Waals surface area contributed by atoms with Crippen LogP contribution < -0.4 is 5.43 Å². The third-order valence-corrected chi connectivity index (χ3v) is 6.01. The number of rotatable bonds is 3. The van der Waals surface area contributed by atoms with E-state index in [1.54, 1.807) is 0 Å². The second-order valence-electron chi connectivity index (χ2n) is 6.93. The number of hydrazone groups is 1.